The van der Waals surface area contributed by atoms with E-state index in [1.807, 2.05) is 79.5 Å². The summed E-state index contributed by atoms with van der Waals surface area (Å²) in [4.78, 5) is 31.2. The van der Waals surface area contributed by atoms with Crippen LogP contribution in [-0.4, -0.2) is 61.6 Å². The molecule has 0 bridgehead atoms. The van der Waals surface area contributed by atoms with Gasteiger partial charge in [-0.15, -0.1) is 0 Å². The molecule has 0 aromatic heterocycles. The molecule has 2 heterocycles. The van der Waals surface area contributed by atoms with Crippen molar-refractivity contribution in [3.05, 3.63) is 60.7 Å². The van der Waals surface area contributed by atoms with Crippen molar-refractivity contribution in [3.8, 4) is 0 Å². The largest absolute Gasteiger partial charge is 0.360 e. The average Bonchev–Trinajstić information content (AvgIpc) is 2.78. The molecule has 2 amide bonds. The first kappa shape index (κ1) is 20.6. The molecule has 30 heavy (non-hydrogen) atoms. The number of hydrogen-bond donors (Lipinski definition) is 0. The van der Waals surface area contributed by atoms with Crippen molar-refractivity contribution < 1.29 is 14.3 Å². The number of amides is 2. The molecule has 1 spiro atoms. The van der Waals surface area contributed by atoms with Crippen molar-refractivity contribution in [3.63, 3.8) is 0 Å². The number of piperidine rings is 1. The van der Waals surface area contributed by atoms with Gasteiger partial charge >= 0.3 is 0 Å². The van der Waals surface area contributed by atoms with Crippen molar-refractivity contribution in [2.45, 2.75) is 31.5 Å². The summed E-state index contributed by atoms with van der Waals surface area (Å²) in [6.07, 6.45) is 1.14. The van der Waals surface area contributed by atoms with E-state index in [-0.39, 0.29) is 17.4 Å². The molecule has 0 aliphatic carbocycles. The smallest absolute Gasteiger partial charge is 0.255 e. The van der Waals surface area contributed by atoms with Gasteiger partial charge in [0.1, 0.15) is 6.10 Å². The van der Waals surface area contributed by atoms with Gasteiger partial charge in [-0.1, -0.05) is 36.4 Å². The predicted molar refractivity (Wildman–Crippen MR) is 118 cm³/mol. The van der Waals surface area contributed by atoms with Gasteiger partial charge in [-0.3, -0.25) is 14.5 Å². The summed E-state index contributed by atoms with van der Waals surface area (Å²) < 4.78 is 6.24. The summed E-state index contributed by atoms with van der Waals surface area (Å²) in [5, 5.41) is 0. The maximum absolute atomic E-state index is 12.7. The molecule has 2 aliphatic rings. The summed E-state index contributed by atoms with van der Waals surface area (Å²) in [6, 6.07) is 19.5. The Bertz CT molecular complexity index is 879. The van der Waals surface area contributed by atoms with E-state index in [0.717, 1.165) is 37.3 Å². The molecule has 2 aromatic rings. The summed E-state index contributed by atoms with van der Waals surface area (Å²) in [5.41, 5.74) is 1.46. The van der Waals surface area contributed by atoms with E-state index in [2.05, 4.69) is 4.90 Å². The molecule has 1 atom stereocenters. The monoisotopic (exact) mass is 407 g/mol. The molecule has 2 aliphatic heterocycles. The molecule has 1 unspecified atom stereocenters. The number of likely N-dealkylation sites (tertiary alicyclic amines) is 1. The molecular formula is C24H29N3O3. The van der Waals surface area contributed by atoms with Crippen molar-refractivity contribution in [2.24, 2.45) is 0 Å². The van der Waals surface area contributed by atoms with Crippen LogP contribution in [0.5, 0.6) is 0 Å². The number of para-hydroxylation sites is 2. The predicted octanol–water partition coefficient (Wildman–Crippen LogP) is 2.94. The zero-order chi connectivity index (χ0) is 21.1. The Kier molecular flexibility index (Phi) is 5.88. The molecule has 0 N–H and O–H groups in total. The lowest BCUT2D eigenvalue weighted by Crippen LogP contribution is -2.62. The van der Waals surface area contributed by atoms with Crippen molar-refractivity contribution in [1.29, 1.82) is 0 Å². The molecule has 6 nitrogen and oxygen atoms in total. The van der Waals surface area contributed by atoms with Crippen LogP contribution in [0.3, 0.4) is 0 Å². The number of likely N-dealkylation sites (N-methyl/N-ethyl adjacent to an activating group) is 1. The van der Waals surface area contributed by atoms with Crippen molar-refractivity contribution >= 4 is 23.2 Å². The van der Waals surface area contributed by atoms with Gasteiger partial charge in [-0.2, -0.15) is 0 Å². The van der Waals surface area contributed by atoms with E-state index < -0.39 is 6.10 Å². The molecule has 158 valence electrons. The number of nitrogens with zero attached hydrogens (tertiary/aromatic N) is 3. The number of anilines is 2. The lowest BCUT2D eigenvalue weighted by Gasteiger charge is -2.49. The topological polar surface area (TPSA) is 53.1 Å². The van der Waals surface area contributed by atoms with Crippen molar-refractivity contribution in [2.75, 3.05) is 43.0 Å². The Balaban J connectivity index is 1.38. The molecule has 0 saturated carbocycles. The Morgan fingerprint density at radius 2 is 1.67 bits per heavy atom. The summed E-state index contributed by atoms with van der Waals surface area (Å²) in [6.45, 7) is 4.34. The lowest BCUT2D eigenvalue weighted by atomic mass is 9.88. The minimum Gasteiger partial charge on any atom is -0.360 e. The Morgan fingerprint density at radius 1 is 1.07 bits per heavy atom. The first-order valence-electron chi connectivity index (χ1n) is 10.6. The van der Waals surface area contributed by atoms with Crippen LogP contribution in [0, 0.1) is 0 Å². The number of hydrogen-bond acceptors (Lipinski definition) is 4. The summed E-state index contributed by atoms with van der Waals surface area (Å²) >= 11 is 0. The third kappa shape index (κ3) is 4.25. The zero-order valence-corrected chi connectivity index (χ0v) is 17.7. The van der Waals surface area contributed by atoms with Crippen LogP contribution >= 0.6 is 0 Å². The number of carbonyl (C=O) groups excluding carboxylic acids is 2. The second-order valence-electron chi connectivity index (χ2n) is 8.27. The highest BCUT2D eigenvalue weighted by Gasteiger charge is 2.45. The average molecular weight is 408 g/mol. The number of ether oxygens (including phenoxy) is 1. The van der Waals surface area contributed by atoms with Gasteiger partial charge < -0.3 is 14.5 Å². The Hall–Kier alpha value is -2.70. The second-order valence-corrected chi connectivity index (χ2v) is 8.27. The number of morpholine rings is 1. The van der Waals surface area contributed by atoms with Crippen LogP contribution < -0.4 is 9.80 Å². The maximum atomic E-state index is 12.7. The van der Waals surface area contributed by atoms with E-state index in [4.69, 9.17) is 4.74 Å². The number of benzene rings is 2. The maximum Gasteiger partial charge on any atom is 0.255 e. The lowest BCUT2D eigenvalue weighted by molar-refractivity contribution is -0.161. The van der Waals surface area contributed by atoms with Crippen LogP contribution in [-0.2, 0) is 14.3 Å². The second kappa shape index (κ2) is 8.58. The molecule has 4 rings (SSSR count). The van der Waals surface area contributed by atoms with Crippen LogP contribution in [0.15, 0.2) is 60.7 Å². The van der Waals surface area contributed by atoms with Gasteiger partial charge in [-0.05, 0) is 44.0 Å². The fourth-order valence-electron chi connectivity index (χ4n) is 4.36. The molecule has 6 heteroatoms. The standard InChI is InChI=1S/C24H29N3O3/c1-19-23(29)27(21-11-7-4-8-12-21)18-24(30-19)13-15-26(16-14-24)17-22(28)25(2)20-9-5-3-6-10-20/h3-12,19H,13-18H2,1-2H3. The molecule has 0 radical (unpaired) electrons. The third-order valence-corrected chi connectivity index (χ3v) is 6.20. The van der Waals surface area contributed by atoms with Gasteiger partial charge in [0.05, 0.1) is 18.7 Å². The Morgan fingerprint density at radius 3 is 2.30 bits per heavy atom. The van der Waals surface area contributed by atoms with Crippen LogP contribution in [0.2, 0.25) is 0 Å². The van der Waals surface area contributed by atoms with Gasteiger partial charge in [0, 0.05) is 31.5 Å². The van der Waals surface area contributed by atoms with E-state index in [0.29, 0.717) is 13.1 Å². The van der Waals surface area contributed by atoms with Crippen LogP contribution in [0.1, 0.15) is 19.8 Å². The van der Waals surface area contributed by atoms with E-state index in [1.54, 1.807) is 4.90 Å². The highest BCUT2D eigenvalue weighted by molar-refractivity contribution is 5.97. The fraction of sp³-hybridized carbons (Fsp3) is 0.417. The third-order valence-electron chi connectivity index (χ3n) is 6.20. The van der Waals surface area contributed by atoms with E-state index in [1.165, 1.54) is 0 Å². The molecule has 2 saturated heterocycles. The highest BCUT2D eigenvalue weighted by atomic mass is 16.5. The van der Waals surface area contributed by atoms with Gasteiger partial charge in [0.2, 0.25) is 5.91 Å². The van der Waals surface area contributed by atoms with E-state index >= 15 is 0 Å². The zero-order valence-electron chi connectivity index (χ0n) is 17.7. The Labute approximate surface area is 178 Å². The van der Waals surface area contributed by atoms with Crippen molar-refractivity contribution in [1.82, 2.24) is 4.90 Å². The SMILES string of the molecule is CC1OC2(CCN(CC(=O)N(C)c3ccccc3)CC2)CN(c2ccccc2)C1=O. The van der Waals surface area contributed by atoms with Gasteiger partial charge in [-0.25, -0.2) is 0 Å². The van der Waals surface area contributed by atoms with Crippen LogP contribution in [0.4, 0.5) is 11.4 Å². The highest BCUT2D eigenvalue weighted by Crippen LogP contribution is 2.35. The first-order chi connectivity index (χ1) is 14.5. The first-order valence-corrected chi connectivity index (χ1v) is 10.6. The summed E-state index contributed by atoms with van der Waals surface area (Å²) in [5.74, 6) is 0.0880. The molecule has 2 fully saturated rings. The van der Waals surface area contributed by atoms with Gasteiger partial charge in [0.25, 0.3) is 5.91 Å². The number of carbonyl (C=O) groups is 2. The minimum absolute atomic E-state index is 0.00826. The van der Waals surface area contributed by atoms with E-state index in [9.17, 15) is 9.59 Å². The fourth-order valence-corrected chi connectivity index (χ4v) is 4.36. The quantitative estimate of drug-likeness (QED) is 0.782. The van der Waals surface area contributed by atoms with Crippen LogP contribution in [0.25, 0.3) is 0 Å². The number of rotatable bonds is 4. The molecular weight excluding hydrogens is 378 g/mol. The molecule has 2 aromatic carbocycles. The van der Waals surface area contributed by atoms with Gasteiger partial charge in [0.15, 0.2) is 0 Å². The minimum atomic E-state index is -0.462. The summed E-state index contributed by atoms with van der Waals surface area (Å²) in [7, 11) is 1.82. The normalized spacial score (nSPS) is 21.6.